The minimum Gasteiger partial charge on any atom is -0.379 e. The molecule has 0 spiro atoms. The van der Waals surface area contributed by atoms with Gasteiger partial charge in [0.05, 0.1) is 23.4 Å². The Labute approximate surface area is 188 Å². The van der Waals surface area contributed by atoms with Crippen molar-refractivity contribution in [2.24, 2.45) is 0 Å². The van der Waals surface area contributed by atoms with Crippen LogP contribution in [-0.4, -0.2) is 55.2 Å². The largest absolute Gasteiger partial charge is 0.379 e. The summed E-state index contributed by atoms with van der Waals surface area (Å²) in [7, 11) is 0. The number of benzene rings is 2. The number of thiazole rings is 1. The van der Waals surface area contributed by atoms with E-state index < -0.39 is 0 Å². The molecule has 6 heteroatoms. The van der Waals surface area contributed by atoms with Crippen molar-refractivity contribution >= 4 is 32.6 Å². The number of aryl methyl sites for hydroxylation is 4. The quantitative estimate of drug-likeness (QED) is 0.550. The zero-order chi connectivity index (χ0) is 22.0. The van der Waals surface area contributed by atoms with Gasteiger partial charge >= 0.3 is 0 Å². The molecule has 0 N–H and O–H groups in total. The van der Waals surface area contributed by atoms with E-state index >= 15 is 0 Å². The summed E-state index contributed by atoms with van der Waals surface area (Å²) in [6, 6.07) is 10.3. The second kappa shape index (κ2) is 9.47. The maximum atomic E-state index is 13.6. The lowest BCUT2D eigenvalue weighted by molar-refractivity contribution is 0.0376. The summed E-state index contributed by atoms with van der Waals surface area (Å²) in [6.07, 6.45) is 0.907. The van der Waals surface area contributed by atoms with Gasteiger partial charge in [-0.1, -0.05) is 23.5 Å². The molecule has 0 saturated carbocycles. The van der Waals surface area contributed by atoms with E-state index in [1.54, 1.807) is 11.3 Å². The predicted molar refractivity (Wildman–Crippen MR) is 129 cm³/mol. The third kappa shape index (κ3) is 4.97. The molecule has 4 rings (SSSR count). The molecule has 5 nitrogen and oxygen atoms in total. The average molecular weight is 438 g/mol. The standard InChI is InChI=1S/C25H31N3O2S/c1-17-14-20(4)23-22(15-17)31-25(26-23)28(9-5-8-27-10-12-30-13-11-27)24(29)21-7-6-18(2)19(3)16-21/h6-7,14-16H,5,8-13H2,1-4H3. The van der Waals surface area contributed by atoms with Crippen molar-refractivity contribution in [2.75, 3.05) is 44.3 Å². The lowest BCUT2D eigenvalue weighted by Crippen LogP contribution is -2.39. The smallest absolute Gasteiger partial charge is 0.260 e. The first kappa shape index (κ1) is 21.9. The molecule has 0 aliphatic carbocycles. The van der Waals surface area contributed by atoms with Gasteiger partial charge in [-0.3, -0.25) is 14.6 Å². The fraction of sp³-hybridized carbons (Fsp3) is 0.440. The molecule has 1 aliphatic rings. The summed E-state index contributed by atoms with van der Waals surface area (Å²) in [6.45, 7) is 13.4. The predicted octanol–water partition coefficient (Wildman–Crippen LogP) is 4.90. The van der Waals surface area contributed by atoms with Crippen LogP contribution in [0.15, 0.2) is 30.3 Å². The van der Waals surface area contributed by atoms with Crippen molar-refractivity contribution in [1.29, 1.82) is 0 Å². The van der Waals surface area contributed by atoms with Crippen LogP contribution in [0.1, 0.15) is 39.0 Å². The van der Waals surface area contributed by atoms with Crippen LogP contribution in [0, 0.1) is 27.7 Å². The van der Waals surface area contributed by atoms with Gasteiger partial charge in [0, 0.05) is 31.7 Å². The van der Waals surface area contributed by atoms with Crippen molar-refractivity contribution < 1.29 is 9.53 Å². The number of hydrogen-bond acceptors (Lipinski definition) is 5. The van der Waals surface area contributed by atoms with E-state index in [4.69, 9.17) is 9.72 Å². The first-order valence-electron chi connectivity index (χ1n) is 11.0. The summed E-state index contributed by atoms with van der Waals surface area (Å²) in [5.41, 5.74) is 6.43. The van der Waals surface area contributed by atoms with Gasteiger partial charge in [-0.2, -0.15) is 0 Å². The number of carbonyl (C=O) groups excluding carboxylic acids is 1. The lowest BCUT2D eigenvalue weighted by Gasteiger charge is -2.27. The Balaban J connectivity index is 1.62. The van der Waals surface area contributed by atoms with E-state index in [9.17, 15) is 4.79 Å². The maximum absolute atomic E-state index is 13.6. The van der Waals surface area contributed by atoms with Crippen molar-refractivity contribution in [3.63, 3.8) is 0 Å². The summed E-state index contributed by atoms with van der Waals surface area (Å²) in [4.78, 5) is 22.8. The molecule has 1 saturated heterocycles. The van der Waals surface area contributed by atoms with Gasteiger partial charge in [-0.05, 0) is 74.6 Å². The minimum atomic E-state index is 0.0264. The first-order chi connectivity index (χ1) is 14.9. The molecular weight excluding hydrogens is 406 g/mol. The Morgan fingerprint density at radius 3 is 2.58 bits per heavy atom. The van der Waals surface area contributed by atoms with Gasteiger partial charge in [0.15, 0.2) is 5.13 Å². The maximum Gasteiger partial charge on any atom is 0.260 e. The summed E-state index contributed by atoms with van der Waals surface area (Å²) < 4.78 is 6.59. The molecule has 31 heavy (non-hydrogen) atoms. The van der Waals surface area contributed by atoms with E-state index in [2.05, 4.69) is 44.7 Å². The molecule has 2 heterocycles. The highest BCUT2D eigenvalue weighted by Crippen LogP contribution is 2.32. The normalized spacial score (nSPS) is 14.8. The number of nitrogens with zero attached hydrogens (tertiary/aromatic N) is 3. The number of rotatable bonds is 6. The Hall–Kier alpha value is -2.28. The molecule has 0 atom stereocenters. The fourth-order valence-electron chi connectivity index (χ4n) is 4.07. The number of hydrogen-bond donors (Lipinski definition) is 0. The van der Waals surface area contributed by atoms with Crippen LogP contribution >= 0.6 is 11.3 Å². The van der Waals surface area contributed by atoms with Crippen molar-refractivity contribution in [3.05, 3.63) is 58.1 Å². The van der Waals surface area contributed by atoms with Gasteiger partial charge < -0.3 is 4.74 Å². The van der Waals surface area contributed by atoms with Crippen LogP contribution in [0.5, 0.6) is 0 Å². The number of carbonyl (C=O) groups is 1. The van der Waals surface area contributed by atoms with E-state index in [1.165, 1.54) is 11.1 Å². The highest BCUT2D eigenvalue weighted by molar-refractivity contribution is 7.22. The Kier molecular flexibility index (Phi) is 6.70. The zero-order valence-electron chi connectivity index (χ0n) is 18.9. The molecule has 1 aromatic heterocycles. The third-order valence-corrected chi connectivity index (χ3v) is 7.03. The molecule has 1 amide bonds. The topological polar surface area (TPSA) is 45.7 Å². The molecular formula is C25H31N3O2S. The molecule has 2 aromatic carbocycles. The van der Waals surface area contributed by atoms with Gasteiger partial charge in [-0.25, -0.2) is 4.98 Å². The van der Waals surface area contributed by atoms with Crippen LogP contribution in [0.4, 0.5) is 5.13 Å². The van der Waals surface area contributed by atoms with Gasteiger partial charge in [0.25, 0.3) is 5.91 Å². The van der Waals surface area contributed by atoms with Crippen molar-refractivity contribution in [1.82, 2.24) is 9.88 Å². The number of amides is 1. The van der Waals surface area contributed by atoms with Crippen LogP contribution in [0.3, 0.4) is 0 Å². The van der Waals surface area contributed by atoms with E-state index in [1.807, 2.05) is 23.1 Å². The van der Waals surface area contributed by atoms with Crippen LogP contribution < -0.4 is 4.90 Å². The Bertz CT molecular complexity index is 1090. The highest BCUT2D eigenvalue weighted by atomic mass is 32.1. The molecule has 164 valence electrons. The van der Waals surface area contributed by atoms with Gasteiger partial charge in [-0.15, -0.1) is 0 Å². The van der Waals surface area contributed by atoms with Gasteiger partial charge in [0.2, 0.25) is 0 Å². The Morgan fingerprint density at radius 1 is 1.06 bits per heavy atom. The molecule has 1 aliphatic heterocycles. The average Bonchev–Trinajstić information content (AvgIpc) is 3.17. The SMILES string of the molecule is Cc1cc(C)c2nc(N(CCCN3CCOCC3)C(=O)c3ccc(C)c(C)c3)sc2c1. The van der Waals surface area contributed by atoms with Crippen molar-refractivity contribution in [3.8, 4) is 0 Å². The van der Waals surface area contributed by atoms with Crippen LogP contribution in [0.25, 0.3) is 10.2 Å². The number of fused-ring (bicyclic) bond motifs is 1. The third-order valence-electron chi connectivity index (χ3n) is 6.01. The Morgan fingerprint density at radius 2 is 1.84 bits per heavy atom. The van der Waals surface area contributed by atoms with E-state index in [0.29, 0.717) is 6.54 Å². The summed E-state index contributed by atoms with van der Waals surface area (Å²) in [5.74, 6) is 0.0264. The zero-order valence-corrected chi connectivity index (χ0v) is 19.7. The van der Waals surface area contributed by atoms with E-state index in [0.717, 1.165) is 71.3 Å². The van der Waals surface area contributed by atoms with Crippen molar-refractivity contribution in [2.45, 2.75) is 34.1 Å². The fourth-order valence-corrected chi connectivity index (χ4v) is 5.23. The minimum absolute atomic E-state index is 0.0264. The molecule has 0 bridgehead atoms. The molecule has 1 fully saturated rings. The molecule has 0 unspecified atom stereocenters. The second-order valence-corrected chi connectivity index (χ2v) is 9.50. The summed E-state index contributed by atoms with van der Waals surface area (Å²) in [5, 5.41) is 0.786. The summed E-state index contributed by atoms with van der Waals surface area (Å²) >= 11 is 1.61. The lowest BCUT2D eigenvalue weighted by atomic mass is 10.1. The first-order valence-corrected chi connectivity index (χ1v) is 11.8. The monoisotopic (exact) mass is 437 g/mol. The van der Waals surface area contributed by atoms with Crippen LogP contribution in [0.2, 0.25) is 0 Å². The number of aromatic nitrogens is 1. The highest BCUT2D eigenvalue weighted by Gasteiger charge is 2.22. The number of ether oxygens (including phenoxy) is 1. The number of morpholine rings is 1. The van der Waals surface area contributed by atoms with Gasteiger partial charge in [0.1, 0.15) is 0 Å². The number of anilines is 1. The van der Waals surface area contributed by atoms with Crippen LogP contribution in [-0.2, 0) is 4.74 Å². The molecule has 0 radical (unpaired) electrons. The second-order valence-electron chi connectivity index (χ2n) is 8.49. The van der Waals surface area contributed by atoms with E-state index in [-0.39, 0.29) is 5.91 Å². The molecule has 3 aromatic rings.